The molecule has 0 radical (unpaired) electrons. The van der Waals surface area contributed by atoms with Crippen molar-refractivity contribution in [3.63, 3.8) is 0 Å². The molecule has 3 heterocycles. The van der Waals surface area contributed by atoms with E-state index in [2.05, 4.69) is 25.4 Å². The van der Waals surface area contributed by atoms with Crippen molar-refractivity contribution in [2.24, 2.45) is 0 Å². The normalized spacial score (nSPS) is 18.2. The molecule has 0 bridgehead atoms. The minimum absolute atomic E-state index is 0.138. The van der Waals surface area contributed by atoms with Gasteiger partial charge in [-0.15, -0.1) is 0 Å². The number of methoxy groups -OCH3 is 1. The van der Waals surface area contributed by atoms with E-state index in [0.29, 0.717) is 35.8 Å². The Morgan fingerprint density at radius 2 is 2.00 bits per heavy atom. The number of pyridine rings is 1. The van der Waals surface area contributed by atoms with E-state index in [1.54, 1.807) is 20.2 Å². The van der Waals surface area contributed by atoms with E-state index in [9.17, 15) is 9.59 Å². The summed E-state index contributed by atoms with van der Waals surface area (Å²) < 4.78 is 11.5. The lowest BCUT2D eigenvalue weighted by Gasteiger charge is -2.37. The Labute approximate surface area is 194 Å². The third-order valence-electron chi connectivity index (χ3n) is 6.21. The molecule has 2 amide bonds. The second-order valence-corrected chi connectivity index (χ2v) is 8.28. The van der Waals surface area contributed by atoms with Gasteiger partial charge in [0, 0.05) is 45.3 Å². The minimum Gasteiger partial charge on any atom is -0.494 e. The Hall–Kier alpha value is -3.33. The fourth-order valence-electron chi connectivity index (χ4n) is 4.39. The quantitative estimate of drug-likeness (QED) is 0.692. The number of fused-ring (bicyclic) bond motifs is 1. The molecule has 1 aromatic heterocycles. The van der Waals surface area contributed by atoms with Gasteiger partial charge in [-0.05, 0) is 31.5 Å². The number of aryl methyl sites for hydroxylation is 1. The van der Waals surface area contributed by atoms with E-state index in [1.807, 2.05) is 32.0 Å². The van der Waals surface area contributed by atoms with Crippen LogP contribution in [0.15, 0.2) is 24.3 Å². The summed E-state index contributed by atoms with van der Waals surface area (Å²) in [5.41, 5.74) is 3.96. The monoisotopic (exact) mass is 453 g/mol. The Morgan fingerprint density at radius 1 is 1.24 bits per heavy atom. The first-order valence-electron chi connectivity index (χ1n) is 11.3. The molecule has 0 spiro atoms. The van der Waals surface area contributed by atoms with Crippen molar-refractivity contribution in [2.45, 2.75) is 32.9 Å². The van der Waals surface area contributed by atoms with Gasteiger partial charge in [0.2, 0.25) is 0 Å². The van der Waals surface area contributed by atoms with Gasteiger partial charge in [0.1, 0.15) is 17.1 Å². The Bertz CT molecular complexity index is 1050. The number of anilines is 2. The molecule has 9 nitrogen and oxygen atoms in total. The lowest BCUT2D eigenvalue weighted by Crippen LogP contribution is -2.46. The molecule has 2 aliphatic rings. The van der Waals surface area contributed by atoms with Gasteiger partial charge in [0.25, 0.3) is 11.8 Å². The molecular formula is C24H31N5O4. The van der Waals surface area contributed by atoms with Gasteiger partial charge in [-0.25, -0.2) is 4.98 Å². The van der Waals surface area contributed by atoms with Gasteiger partial charge in [0.15, 0.2) is 11.9 Å². The van der Waals surface area contributed by atoms with Crippen molar-refractivity contribution in [3.05, 3.63) is 41.2 Å². The molecule has 0 aliphatic carbocycles. The van der Waals surface area contributed by atoms with E-state index in [0.717, 1.165) is 43.1 Å². The van der Waals surface area contributed by atoms with Crippen LogP contribution in [0.5, 0.6) is 11.5 Å². The zero-order valence-electron chi connectivity index (χ0n) is 19.6. The van der Waals surface area contributed by atoms with Crippen LogP contribution in [0.3, 0.4) is 0 Å². The van der Waals surface area contributed by atoms with Crippen molar-refractivity contribution in [2.75, 3.05) is 50.6 Å². The summed E-state index contributed by atoms with van der Waals surface area (Å²) >= 11 is 0. The molecule has 1 atom stereocenters. The highest BCUT2D eigenvalue weighted by atomic mass is 16.5. The predicted molar refractivity (Wildman–Crippen MR) is 126 cm³/mol. The second kappa shape index (κ2) is 9.66. The van der Waals surface area contributed by atoms with Crippen LogP contribution in [0.2, 0.25) is 0 Å². The zero-order valence-corrected chi connectivity index (χ0v) is 19.6. The molecule has 4 rings (SSSR count). The number of amides is 2. The second-order valence-electron chi connectivity index (χ2n) is 8.28. The SMILES string of the molecule is CCC1Oc2ccc(CN3CCN(c4ccc(C(=O)NC)nc4C)CC3)c(OC)c2NC1=O. The van der Waals surface area contributed by atoms with Crippen LogP contribution in [0.25, 0.3) is 0 Å². The summed E-state index contributed by atoms with van der Waals surface area (Å²) in [6.07, 6.45) is 0.146. The van der Waals surface area contributed by atoms with Crippen molar-refractivity contribution in [3.8, 4) is 11.5 Å². The van der Waals surface area contributed by atoms with Gasteiger partial charge >= 0.3 is 0 Å². The molecule has 176 valence electrons. The predicted octanol–water partition coefficient (Wildman–Crippen LogP) is 2.19. The number of rotatable bonds is 6. The van der Waals surface area contributed by atoms with Crippen LogP contribution in [0, 0.1) is 6.92 Å². The largest absolute Gasteiger partial charge is 0.494 e. The third kappa shape index (κ3) is 4.59. The van der Waals surface area contributed by atoms with Crippen LogP contribution < -0.4 is 25.0 Å². The van der Waals surface area contributed by atoms with Crippen LogP contribution in [0.4, 0.5) is 11.4 Å². The third-order valence-corrected chi connectivity index (χ3v) is 6.21. The molecule has 1 unspecified atom stereocenters. The Morgan fingerprint density at radius 3 is 2.64 bits per heavy atom. The van der Waals surface area contributed by atoms with E-state index in [-0.39, 0.29) is 11.8 Å². The number of aromatic nitrogens is 1. The fraction of sp³-hybridized carbons (Fsp3) is 0.458. The maximum atomic E-state index is 12.3. The Kier molecular flexibility index (Phi) is 6.69. The minimum atomic E-state index is -0.468. The lowest BCUT2D eigenvalue weighted by atomic mass is 10.1. The van der Waals surface area contributed by atoms with Gasteiger partial charge < -0.3 is 25.0 Å². The van der Waals surface area contributed by atoms with Crippen molar-refractivity contribution < 1.29 is 19.1 Å². The van der Waals surface area contributed by atoms with Gasteiger partial charge in [0.05, 0.1) is 18.5 Å². The Balaban J connectivity index is 1.43. The number of hydrogen-bond acceptors (Lipinski definition) is 7. The standard InChI is InChI=1S/C24H31N5O4/c1-5-19-24(31)27-21-20(33-19)9-6-16(22(21)32-4)14-28-10-12-29(13-11-28)18-8-7-17(23(30)25-3)26-15(18)2/h6-9,19H,5,10-14H2,1-4H3,(H,25,30)(H,27,31). The number of ether oxygens (including phenoxy) is 2. The highest BCUT2D eigenvalue weighted by Gasteiger charge is 2.30. The van der Waals surface area contributed by atoms with Crippen LogP contribution >= 0.6 is 0 Å². The van der Waals surface area contributed by atoms with Crippen molar-refractivity contribution in [1.82, 2.24) is 15.2 Å². The molecule has 1 saturated heterocycles. The number of hydrogen-bond donors (Lipinski definition) is 2. The molecule has 2 aromatic rings. The first-order chi connectivity index (χ1) is 15.9. The number of nitrogens with one attached hydrogen (secondary N) is 2. The van der Waals surface area contributed by atoms with E-state index in [1.165, 1.54) is 0 Å². The highest BCUT2D eigenvalue weighted by Crippen LogP contribution is 2.41. The first-order valence-corrected chi connectivity index (χ1v) is 11.3. The number of carbonyl (C=O) groups is 2. The first kappa shape index (κ1) is 22.8. The highest BCUT2D eigenvalue weighted by molar-refractivity contribution is 5.99. The number of benzene rings is 1. The summed E-state index contributed by atoms with van der Waals surface area (Å²) in [5, 5.41) is 5.57. The molecule has 9 heteroatoms. The van der Waals surface area contributed by atoms with Crippen LogP contribution in [-0.4, -0.2) is 68.1 Å². The maximum absolute atomic E-state index is 12.3. The molecule has 0 saturated carbocycles. The number of nitrogens with zero attached hydrogens (tertiary/aromatic N) is 3. The molecule has 2 N–H and O–H groups in total. The van der Waals surface area contributed by atoms with Crippen LogP contribution in [-0.2, 0) is 11.3 Å². The van der Waals surface area contributed by atoms with Gasteiger partial charge in [-0.2, -0.15) is 0 Å². The van der Waals surface area contributed by atoms with Gasteiger partial charge in [-0.1, -0.05) is 13.0 Å². The maximum Gasteiger partial charge on any atom is 0.269 e. The molecule has 33 heavy (non-hydrogen) atoms. The average Bonchev–Trinajstić information content (AvgIpc) is 2.83. The molecule has 1 aromatic carbocycles. The molecule has 1 fully saturated rings. The van der Waals surface area contributed by atoms with Crippen molar-refractivity contribution in [1.29, 1.82) is 0 Å². The topological polar surface area (TPSA) is 96.0 Å². The summed E-state index contributed by atoms with van der Waals surface area (Å²) in [5.74, 6) is 0.985. The number of carbonyl (C=O) groups excluding carboxylic acids is 2. The smallest absolute Gasteiger partial charge is 0.269 e. The van der Waals surface area contributed by atoms with Crippen molar-refractivity contribution >= 4 is 23.2 Å². The fourth-order valence-corrected chi connectivity index (χ4v) is 4.39. The lowest BCUT2D eigenvalue weighted by molar-refractivity contribution is -0.123. The van der Waals surface area contributed by atoms with E-state index >= 15 is 0 Å². The summed E-state index contributed by atoms with van der Waals surface area (Å²) in [6, 6.07) is 7.67. The zero-order chi connectivity index (χ0) is 23.5. The molecule has 2 aliphatic heterocycles. The van der Waals surface area contributed by atoms with Gasteiger partial charge in [-0.3, -0.25) is 14.5 Å². The number of piperazine rings is 1. The summed E-state index contributed by atoms with van der Waals surface area (Å²) in [7, 11) is 3.22. The molecular weight excluding hydrogens is 422 g/mol. The summed E-state index contributed by atoms with van der Waals surface area (Å²) in [6.45, 7) is 8.03. The average molecular weight is 454 g/mol. The van der Waals surface area contributed by atoms with E-state index < -0.39 is 6.10 Å². The summed E-state index contributed by atoms with van der Waals surface area (Å²) in [4.78, 5) is 33.2. The van der Waals surface area contributed by atoms with Crippen LogP contribution in [0.1, 0.15) is 35.1 Å². The van der Waals surface area contributed by atoms with E-state index in [4.69, 9.17) is 9.47 Å².